The molecule has 0 bridgehead atoms. The van der Waals surface area contributed by atoms with E-state index in [1.807, 2.05) is 0 Å². The molecule has 17 heavy (non-hydrogen) atoms. The van der Waals surface area contributed by atoms with Gasteiger partial charge >= 0.3 is 5.97 Å². The molecule has 90 valence electrons. The second-order valence-corrected chi connectivity index (χ2v) is 3.99. The van der Waals surface area contributed by atoms with Crippen molar-refractivity contribution in [2.24, 2.45) is 0 Å². The predicted molar refractivity (Wildman–Crippen MR) is 60.6 cm³/mol. The van der Waals surface area contributed by atoms with E-state index in [4.69, 9.17) is 10.5 Å². The number of hydrogen-bond acceptors (Lipinski definition) is 5. The van der Waals surface area contributed by atoms with E-state index < -0.39 is 10.9 Å². The number of rotatable bonds is 3. The summed E-state index contributed by atoms with van der Waals surface area (Å²) in [5.74, 6) is -0.512. The zero-order valence-corrected chi connectivity index (χ0v) is 9.09. The first-order valence-corrected chi connectivity index (χ1v) is 5.33. The largest absolute Gasteiger partial charge is 0.459 e. The van der Waals surface area contributed by atoms with Crippen LogP contribution in [0.25, 0.3) is 0 Å². The minimum absolute atomic E-state index is 0.0305. The SMILES string of the molecule is Nc1cc([N+](=O)[O-])ccc1C(=O)OC1CCC1. The van der Waals surface area contributed by atoms with Crippen molar-refractivity contribution in [3.05, 3.63) is 33.9 Å². The molecule has 0 aromatic heterocycles. The van der Waals surface area contributed by atoms with Crippen LogP contribution in [0.2, 0.25) is 0 Å². The third-order valence-corrected chi connectivity index (χ3v) is 2.79. The second kappa shape index (κ2) is 4.40. The lowest BCUT2D eigenvalue weighted by Crippen LogP contribution is -2.25. The lowest BCUT2D eigenvalue weighted by atomic mass is 9.96. The molecule has 6 heteroatoms. The fraction of sp³-hybridized carbons (Fsp3) is 0.364. The van der Waals surface area contributed by atoms with Crippen LogP contribution in [0.15, 0.2) is 18.2 Å². The third kappa shape index (κ3) is 2.35. The molecule has 1 aromatic carbocycles. The highest BCUT2D eigenvalue weighted by molar-refractivity contribution is 5.95. The average molecular weight is 236 g/mol. The van der Waals surface area contributed by atoms with Gasteiger partial charge in [-0.25, -0.2) is 4.79 Å². The number of nitrogens with zero attached hydrogens (tertiary/aromatic N) is 1. The summed E-state index contributed by atoms with van der Waals surface area (Å²) in [4.78, 5) is 21.6. The van der Waals surface area contributed by atoms with Gasteiger partial charge in [0.15, 0.2) is 0 Å². The number of ether oxygens (including phenoxy) is 1. The Bertz CT molecular complexity index is 469. The summed E-state index contributed by atoms with van der Waals surface area (Å²) >= 11 is 0. The highest BCUT2D eigenvalue weighted by atomic mass is 16.6. The molecule has 1 aromatic rings. The van der Waals surface area contributed by atoms with Crippen LogP contribution in [0.5, 0.6) is 0 Å². The van der Waals surface area contributed by atoms with E-state index in [0.717, 1.165) is 25.3 Å². The first-order chi connectivity index (χ1) is 8.08. The normalized spacial score (nSPS) is 15.1. The summed E-state index contributed by atoms with van der Waals surface area (Å²) in [5.41, 5.74) is 5.71. The minimum atomic E-state index is -0.558. The van der Waals surface area contributed by atoms with Gasteiger partial charge in [-0.1, -0.05) is 0 Å². The Labute approximate surface area is 97.5 Å². The molecule has 0 radical (unpaired) electrons. The Hall–Kier alpha value is -2.11. The van der Waals surface area contributed by atoms with E-state index in [1.165, 1.54) is 12.1 Å². The van der Waals surface area contributed by atoms with Crippen molar-refractivity contribution in [1.29, 1.82) is 0 Å². The van der Waals surface area contributed by atoms with E-state index in [1.54, 1.807) is 0 Å². The van der Waals surface area contributed by atoms with Crippen LogP contribution >= 0.6 is 0 Å². The summed E-state index contributed by atoms with van der Waals surface area (Å²) in [5, 5.41) is 10.5. The molecular weight excluding hydrogens is 224 g/mol. The smallest absolute Gasteiger partial charge is 0.340 e. The number of nitrogen functional groups attached to an aromatic ring is 1. The summed E-state index contributed by atoms with van der Waals surface area (Å²) in [7, 11) is 0. The van der Waals surface area contributed by atoms with Crippen LogP contribution in [-0.2, 0) is 4.74 Å². The Morgan fingerprint density at radius 2 is 2.18 bits per heavy atom. The lowest BCUT2D eigenvalue weighted by Gasteiger charge is -2.25. The standard InChI is InChI=1S/C11H12N2O4/c12-10-6-7(13(15)16)4-5-9(10)11(14)17-8-2-1-3-8/h4-6,8H,1-3,12H2. The summed E-state index contributed by atoms with van der Waals surface area (Å²) < 4.78 is 5.16. The number of nitro groups is 1. The van der Waals surface area contributed by atoms with Crippen LogP contribution in [-0.4, -0.2) is 17.0 Å². The van der Waals surface area contributed by atoms with Gasteiger partial charge in [-0.15, -0.1) is 0 Å². The topological polar surface area (TPSA) is 95.5 Å². The van der Waals surface area contributed by atoms with Crippen molar-refractivity contribution in [1.82, 2.24) is 0 Å². The Morgan fingerprint density at radius 1 is 1.47 bits per heavy atom. The zero-order valence-electron chi connectivity index (χ0n) is 9.09. The van der Waals surface area contributed by atoms with Gasteiger partial charge < -0.3 is 10.5 Å². The molecule has 0 atom stereocenters. The van der Waals surface area contributed by atoms with Crippen LogP contribution in [0.4, 0.5) is 11.4 Å². The monoisotopic (exact) mass is 236 g/mol. The Balaban J connectivity index is 2.14. The molecular formula is C11H12N2O4. The van der Waals surface area contributed by atoms with Gasteiger partial charge in [0, 0.05) is 12.1 Å². The van der Waals surface area contributed by atoms with Crippen LogP contribution in [0.1, 0.15) is 29.6 Å². The molecule has 0 unspecified atom stereocenters. The van der Waals surface area contributed by atoms with Gasteiger partial charge in [-0.05, 0) is 25.3 Å². The van der Waals surface area contributed by atoms with Gasteiger partial charge in [0.25, 0.3) is 5.69 Å². The second-order valence-electron chi connectivity index (χ2n) is 3.99. The van der Waals surface area contributed by atoms with E-state index in [2.05, 4.69) is 0 Å². The molecule has 1 fully saturated rings. The predicted octanol–water partition coefficient (Wildman–Crippen LogP) is 1.89. The fourth-order valence-electron chi connectivity index (χ4n) is 1.55. The number of carbonyl (C=O) groups excluding carboxylic acids is 1. The third-order valence-electron chi connectivity index (χ3n) is 2.79. The van der Waals surface area contributed by atoms with E-state index >= 15 is 0 Å². The number of benzene rings is 1. The zero-order chi connectivity index (χ0) is 12.4. The number of anilines is 1. The number of nitrogens with two attached hydrogens (primary N) is 1. The maximum absolute atomic E-state index is 11.7. The molecule has 0 heterocycles. The molecule has 0 saturated heterocycles. The van der Waals surface area contributed by atoms with Gasteiger partial charge in [-0.2, -0.15) is 0 Å². The average Bonchev–Trinajstić information content (AvgIpc) is 2.22. The molecule has 0 aliphatic heterocycles. The molecule has 2 rings (SSSR count). The summed E-state index contributed by atoms with van der Waals surface area (Å²) in [6, 6.07) is 3.74. The summed E-state index contributed by atoms with van der Waals surface area (Å²) in [6.45, 7) is 0. The van der Waals surface area contributed by atoms with Gasteiger partial charge in [0.2, 0.25) is 0 Å². The Morgan fingerprint density at radius 3 is 2.65 bits per heavy atom. The molecule has 1 aliphatic rings. The number of carbonyl (C=O) groups is 1. The van der Waals surface area contributed by atoms with E-state index in [0.29, 0.717) is 0 Å². The molecule has 1 aliphatic carbocycles. The van der Waals surface area contributed by atoms with Gasteiger partial charge in [-0.3, -0.25) is 10.1 Å². The quantitative estimate of drug-likeness (QED) is 0.374. The fourth-order valence-corrected chi connectivity index (χ4v) is 1.55. The highest BCUT2D eigenvalue weighted by Gasteiger charge is 2.24. The van der Waals surface area contributed by atoms with Crippen LogP contribution in [0.3, 0.4) is 0 Å². The van der Waals surface area contributed by atoms with Crippen LogP contribution in [0, 0.1) is 10.1 Å². The number of nitro benzene ring substituents is 1. The molecule has 0 spiro atoms. The van der Waals surface area contributed by atoms with Crippen molar-refractivity contribution in [3.63, 3.8) is 0 Å². The maximum Gasteiger partial charge on any atom is 0.340 e. The first-order valence-electron chi connectivity index (χ1n) is 5.33. The van der Waals surface area contributed by atoms with Gasteiger partial charge in [0.1, 0.15) is 6.10 Å². The number of esters is 1. The first kappa shape index (κ1) is 11.4. The highest BCUT2D eigenvalue weighted by Crippen LogP contribution is 2.25. The molecule has 1 saturated carbocycles. The van der Waals surface area contributed by atoms with Gasteiger partial charge in [0.05, 0.1) is 16.2 Å². The lowest BCUT2D eigenvalue weighted by molar-refractivity contribution is -0.384. The van der Waals surface area contributed by atoms with Crippen molar-refractivity contribution < 1.29 is 14.5 Å². The Kier molecular flexibility index (Phi) is 2.95. The number of hydrogen-bond donors (Lipinski definition) is 1. The van der Waals surface area contributed by atoms with Crippen molar-refractivity contribution in [3.8, 4) is 0 Å². The van der Waals surface area contributed by atoms with Crippen molar-refractivity contribution >= 4 is 17.3 Å². The minimum Gasteiger partial charge on any atom is -0.459 e. The van der Waals surface area contributed by atoms with Crippen molar-refractivity contribution in [2.45, 2.75) is 25.4 Å². The molecule has 0 amide bonds. The maximum atomic E-state index is 11.7. The van der Waals surface area contributed by atoms with E-state index in [9.17, 15) is 14.9 Å². The summed E-state index contributed by atoms with van der Waals surface area (Å²) in [6.07, 6.45) is 2.78. The molecule has 6 nitrogen and oxygen atoms in total. The number of non-ortho nitro benzene ring substituents is 1. The van der Waals surface area contributed by atoms with Crippen LogP contribution < -0.4 is 5.73 Å². The van der Waals surface area contributed by atoms with E-state index in [-0.39, 0.29) is 23.0 Å². The molecule has 2 N–H and O–H groups in total. The van der Waals surface area contributed by atoms with Crippen molar-refractivity contribution in [2.75, 3.05) is 5.73 Å².